The van der Waals surface area contributed by atoms with Crippen LogP contribution in [-0.4, -0.2) is 18.4 Å². The number of aryl methyl sites for hydroxylation is 2. The Morgan fingerprint density at radius 1 is 0.952 bits per heavy atom. The van der Waals surface area contributed by atoms with Gasteiger partial charge in [0.2, 0.25) is 0 Å². The van der Waals surface area contributed by atoms with Crippen molar-refractivity contribution in [3.05, 3.63) is 34.9 Å². The first-order valence-corrected chi connectivity index (χ1v) is 6.12. The molecule has 0 saturated carbocycles. The molecular weight excluding hydrogens is 298 g/mol. The van der Waals surface area contributed by atoms with Gasteiger partial charge in [-0.2, -0.15) is 26.3 Å². The van der Waals surface area contributed by atoms with Crippen LogP contribution >= 0.6 is 0 Å². The lowest BCUT2D eigenvalue weighted by molar-refractivity contribution is -0.291. The Balaban J connectivity index is 3.10. The van der Waals surface area contributed by atoms with Crippen LogP contribution in [0, 0.1) is 19.8 Å². The number of nitrogens with one attached hydrogen (secondary N) is 1. The highest BCUT2D eigenvalue weighted by atomic mass is 19.4. The summed E-state index contributed by atoms with van der Waals surface area (Å²) in [5, 5.41) is 0. The number of halogens is 6. The Hall–Kier alpha value is -1.28. The molecule has 0 bridgehead atoms. The molecule has 0 fully saturated rings. The van der Waals surface area contributed by atoms with E-state index in [2.05, 4.69) is 0 Å². The van der Waals surface area contributed by atoms with E-state index < -0.39 is 30.7 Å². The standard InChI is InChI=1S/C13H16F6N2/c1-7-3-8(2)5-9(4-7)6-10(21-20)11(12(14,15)16)13(17,18)19/h3-5,10-11,21H,6,20H2,1-2H3. The molecule has 8 heteroatoms. The van der Waals surface area contributed by atoms with Gasteiger partial charge in [-0.05, 0) is 25.8 Å². The lowest BCUT2D eigenvalue weighted by Crippen LogP contribution is -2.54. The number of nitrogens with two attached hydrogens (primary N) is 1. The van der Waals surface area contributed by atoms with E-state index in [1.165, 1.54) is 0 Å². The van der Waals surface area contributed by atoms with E-state index in [1.807, 2.05) is 0 Å². The predicted molar refractivity (Wildman–Crippen MR) is 66.3 cm³/mol. The first kappa shape index (κ1) is 17.8. The topological polar surface area (TPSA) is 38.0 Å². The lowest BCUT2D eigenvalue weighted by atomic mass is 9.91. The molecule has 0 aliphatic carbocycles. The summed E-state index contributed by atoms with van der Waals surface area (Å²) in [6.07, 6.45) is -11.3. The maximum absolute atomic E-state index is 12.7. The van der Waals surface area contributed by atoms with Gasteiger partial charge in [-0.3, -0.25) is 11.3 Å². The zero-order valence-corrected chi connectivity index (χ0v) is 11.4. The van der Waals surface area contributed by atoms with Gasteiger partial charge in [0.05, 0.1) is 0 Å². The molecule has 1 aromatic carbocycles. The summed E-state index contributed by atoms with van der Waals surface area (Å²) in [5.41, 5.74) is 3.55. The molecule has 0 aliphatic heterocycles. The van der Waals surface area contributed by atoms with E-state index in [-0.39, 0.29) is 0 Å². The third-order valence-corrected chi connectivity index (χ3v) is 3.06. The molecule has 0 heterocycles. The van der Waals surface area contributed by atoms with Gasteiger partial charge in [0.15, 0.2) is 5.92 Å². The minimum atomic E-state index is -5.42. The Labute approximate surface area is 118 Å². The van der Waals surface area contributed by atoms with Crippen LogP contribution < -0.4 is 11.3 Å². The SMILES string of the molecule is Cc1cc(C)cc(CC(NN)C(C(F)(F)F)C(F)(F)F)c1. The van der Waals surface area contributed by atoms with Gasteiger partial charge in [-0.1, -0.05) is 29.3 Å². The van der Waals surface area contributed by atoms with Crippen molar-refractivity contribution in [2.45, 2.75) is 38.7 Å². The smallest absolute Gasteiger partial charge is 0.271 e. The van der Waals surface area contributed by atoms with E-state index >= 15 is 0 Å². The highest BCUT2D eigenvalue weighted by Gasteiger charge is 2.59. The van der Waals surface area contributed by atoms with Crippen LogP contribution in [0.4, 0.5) is 26.3 Å². The van der Waals surface area contributed by atoms with Crippen LogP contribution in [0.15, 0.2) is 18.2 Å². The molecule has 21 heavy (non-hydrogen) atoms. The fourth-order valence-corrected chi connectivity index (χ4v) is 2.36. The van der Waals surface area contributed by atoms with E-state index in [0.717, 1.165) is 11.1 Å². The minimum absolute atomic E-state index is 0.369. The minimum Gasteiger partial charge on any atom is -0.271 e. The van der Waals surface area contributed by atoms with Crippen molar-refractivity contribution < 1.29 is 26.3 Å². The zero-order valence-electron chi connectivity index (χ0n) is 11.4. The van der Waals surface area contributed by atoms with Crippen molar-refractivity contribution in [2.24, 2.45) is 11.8 Å². The molecule has 0 spiro atoms. The number of benzene rings is 1. The van der Waals surface area contributed by atoms with Crippen LogP contribution in [0.5, 0.6) is 0 Å². The second kappa shape index (κ2) is 6.23. The van der Waals surface area contributed by atoms with Gasteiger partial charge in [-0.15, -0.1) is 0 Å². The van der Waals surface area contributed by atoms with Gasteiger partial charge in [-0.25, -0.2) is 0 Å². The molecule has 120 valence electrons. The molecule has 0 aromatic heterocycles. The monoisotopic (exact) mass is 314 g/mol. The largest absolute Gasteiger partial charge is 0.402 e. The summed E-state index contributed by atoms with van der Waals surface area (Å²) in [7, 11) is 0. The van der Waals surface area contributed by atoms with Crippen molar-refractivity contribution in [3.63, 3.8) is 0 Å². The Bertz CT molecular complexity index is 446. The fourth-order valence-electron chi connectivity index (χ4n) is 2.36. The van der Waals surface area contributed by atoms with Crippen molar-refractivity contribution in [2.75, 3.05) is 0 Å². The molecular formula is C13H16F6N2. The first-order valence-electron chi connectivity index (χ1n) is 6.12. The van der Waals surface area contributed by atoms with E-state index in [1.54, 1.807) is 37.5 Å². The van der Waals surface area contributed by atoms with E-state index in [0.29, 0.717) is 5.56 Å². The summed E-state index contributed by atoms with van der Waals surface area (Å²) in [5.74, 6) is 1.42. The molecule has 1 atom stereocenters. The number of alkyl halides is 6. The Morgan fingerprint density at radius 3 is 1.71 bits per heavy atom. The van der Waals surface area contributed by atoms with Gasteiger partial charge in [0.25, 0.3) is 0 Å². The van der Waals surface area contributed by atoms with E-state index in [9.17, 15) is 26.3 Å². The Kier molecular flexibility index (Phi) is 5.27. The summed E-state index contributed by atoms with van der Waals surface area (Å²) in [6.45, 7) is 3.43. The highest BCUT2D eigenvalue weighted by Crippen LogP contribution is 2.42. The van der Waals surface area contributed by atoms with Gasteiger partial charge >= 0.3 is 12.4 Å². The fraction of sp³-hybridized carbons (Fsp3) is 0.538. The van der Waals surface area contributed by atoms with Crippen LogP contribution in [-0.2, 0) is 6.42 Å². The summed E-state index contributed by atoms with van der Waals surface area (Å²) in [4.78, 5) is 0. The second-order valence-electron chi connectivity index (χ2n) is 5.03. The number of hydrogen-bond acceptors (Lipinski definition) is 2. The third-order valence-electron chi connectivity index (χ3n) is 3.06. The van der Waals surface area contributed by atoms with Crippen molar-refractivity contribution in [3.8, 4) is 0 Å². The molecule has 1 unspecified atom stereocenters. The molecule has 2 nitrogen and oxygen atoms in total. The molecule has 0 amide bonds. The summed E-state index contributed by atoms with van der Waals surface area (Å²) in [6, 6.07) is 2.88. The first-order chi connectivity index (χ1) is 9.45. The quantitative estimate of drug-likeness (QED) is 0.508. The average Bonchev–Trinajstić information content (AvgIpc) is 2.22. The van der Waals surface area contributed by atoms with Crippen LogP contribution in [0.25, 0.3) is 0 Å². The molecule has 1 rings (SSSR count). The number of hydrogen-bond donors (Lipinski definition) is 2. The maximum atomic E-state index is 12.7. The van der Waals surface area contributed by atoms with Crippen LogP contribution in [0.2, 0.25) is 0 Å². The summed E-state index contributed by atoms with van der Waals surface area (Å²) >= 11 is 0. The van der Waals surface area contributed by atoms with Crippen molar-refractivity contribution >= 4 is 0 Å². The van der Waals surface area contributed by atoms with Crippen LogP contribution in [0.1, 0.15) is 16.7 Å². The van der Waals surface area contributed by atoms with Crippen LogP contribution in [0.3, 0.4) is 0 Å². The molecule has 0 saturated heterocycles. The maximum Gasteiger partial charge on any atom is 0.402 e. The lowest BCUT2D eigenvalue weighted by Gasteiger charge is -2.30. The second-order valence-corrected chi connectivity index (χ2v) is 5.03. The van der Waals surface area contributed by atoms with Crippen molar-refractivity contribution in [1.82, 2.24) is 5.43 Å². The van der Waals surface area contributed by atoms with Gasteiger partial charge in [0, 0.05) is 6.04 Å². The molecule has 1 aromatic rings. The molecule has 0 radical (unpaired) electrons. The number of hydrazine groups is 1. The Morgan fingerprint density at radius 2 is 1.38 bits per heavy atom. The average molecular weight is 314 g/mol. The van der Waals surface area contributed by atoms with Gasteiger partial charge < -0.3 is 0 Å². The normalized spacial score (nSPS) is 14.6. The third kappa shape index (κ3) is 4.89. The van der Waals surface area contributed by atoms with Gasteiger partial charge in [0.1, 0.15) is 0 Å². The molecule has 0 aliphatic rings. The van der Waals surface area contributed by atoms with Crippen molar-refractivity contribution in [1.29, 1.82) is 0 Å². The predicted octanol–water partition coefficient (Wildman–Crippen LogP) is 3.42. The van der Waals surface area contributed by atoms with E-state index in [4.69, 9.17) is 5.84 Å². The summed E-state index contributed by atoms with van der Waals surface area (Å²) < 4.78 is 76.2. The zero-order chi connectivity index (χ0) is 16.4. The molecule has 3 N–H and O–H groups in total. The number of rotatable bonds is 4. The highest BCUT2D eigenvalue weighted by molar-refractivity contribution is 5.29.